The van der Waals surface area contributed by atoms with Crippen molar-refractivity contribution in [2.24, 2.45) is 11.1 Å². The van der Waals surface area contributed by atoms with E-state index in [-0.39, 0.29) is 23.5 Å². The first-order chi connectivity index (χ1) is 11.1. The van der Waals surface area contributed by atoms with Crippen molar-refractivity contribution in [3.05, 3.63) is 33.8 Å². The maximum absolute atomic E-state index is 11.7. The minimum absolute atomic E-state index is 0.201. The fraction of sp³-hybridized carbons (Fsp3) is 0.588. The minimum atomic E-state index is -0.962. The maximum atomic E-state index is 11.7. The van der Waals surface area contributed by atoms with Gasteiger partial charge in [0.15, 0.2) is 0 Å². The molecule has 0 radical (unpaired) electrons. The van der Waals surface area contributed by atoms with Gasteiger partial charge in [-0.25, -0.2) is 4.79 Å². The predicted octanol–water partition coefficient (Wildman–Crippen LogP) is 3.83. The first kappa shape index (κ1) is 19.3. The number of halogens is 2. The van der Waals surface area contributed by atoms with Crippen molar-refractivity contribution in [3.63, 3.8) is 0 Å². The zero-order valence-electron chi connectivity index (χ0n) is 14.1. The van der Waals surface area contributed by atoms with Crippen molar-refractivity contribution < 1.29 is 14.6 Å². The molecule has 0 bridgehead atoms. The van der Waals surface area contributed by atoms with Crippen molar-refractivity contribution in [2.45, 2.75) is 38.9 Å². The molecule has 2 rings (SSSR count). The van der Waals surface area contributed by atoms with E-state index in [1.165, 1.54) is 4.90 Å². The summed E-state index contributed by atoms with van der Waals surface area (Å²) in [7, 11) is 0. The second-order valence-electron chi connectivity index (χ2n) is 7.23. The van der Waals surface area contributed by atoms with Gasteiger partial charge in [-0.15, -0.1) is 0 Å². The van der Waals surface area contributed by atoms with E-state index >= 15 is 0 Å². The third-order valence-corrected chi connectivity index (χ3v) is 5.17. The molecule has 3 atom stereocenters. The van der Waals surface area contributed by atoms with Crippen molar-refractivity contribution >= 4 is 29.3 Å². The Morgan fingerprint density at radius 3 is 2.50 bits per heavy atom. The van der Waals surface area contributed by atoms with Gasteiger partial charge in [-0.2, -0.15) is 0 Å². The van der Waals surface area contributed by atoms with Crippen LogP contribution in [0, 0.1) is 5.41 Å². The smallest absolute Gasteiger partial charge is 0.407 e. The van der Waals surface area contributed by atoms with Crippen LogP contribution < -0.4 is 5.73 Å². The van der Waals surface area contributed by atoms with Crippen LogP contribution in [0.3, 0.4) is 0 Å². The molecule has 1 aliphatic heterocycles. The molecule has 3 N–H and O–H groups in total. The largest absolute Gasteiger partial charge is 0.465 e. The highest BCUT2D eigenvalue weighted by atomic mass is 35.5. The summed E-state index contributed by atoms with van der Waals surface area (Å²) in [6.07, 6.45) is -1.50. The Bertz CT molecular complexity index is 604. The number of nitrogens with two attached hydrogens (primary N) is 1. The molecule has 0 spiro atoms. The molecule has 0 saturated carbocycles. The summed E-state index contributed by atoms with van der Waals surface area (Å²) in [4.78, 5) is 13.1. The molecule has 1 aliphatic rings. The SMILES string of the molecule is CC(C)(C)C1CN(C(=O)O)C[C@@H](c2ccc(Cl)c(Cl)c2)[C@H](CN)O1. The topological polar surface area (TPSA) is 75.8 Å². The van der Waals surface area contributed by atoms with Gasteiger partial charge in [-0.05, 0) is 23.1 Å². The summed E-state index contributed by atoms with van der Waals surface area (Å²) in [5.41, 5.74) is 6.62. The van der Waals surface area contributed by atoms with Crippen molar-refractivity contribution in [1.29, 1.82) is 0 Å². The number of carboxylic acid groups (broad SMARTS) is 1. The zero-order chi connectivity index (χ0) is 18.1. The summed E-state index contributed by atoms with van der Waals surface area (Å²) in [5, 5.41) is 10.5. The molecular weight excluding hydrogens is 351 g/mol. The molecule has 5 nitrogen and oxygen atoms in total. The Morgan fingerprint density at radius 1 is 1.33 bits per heavy atom. The summed E-state index contributed by atoms with van der Waals surface area (Å²) >= 11 is 12.1. The van der Waals surface area contributed by atoms with Crippen LogP contribution in [-0.2, 0) is 4.74 Å². The first-order valence-corrected chi connectivity index (χ1v) is 8.67. The Kier molecular flexibility index (Phi) is 6.02. The number of rotatable bonds is 2. The Labute approximate surface area is 152 Å². The monoisotopic (exact) mass is 374 g/mol. The van der Waals surface area contributed by atoms with E-state index in [0.717, 1.165) is 5.56 Å². The van der Waals surface area contributed by atoms with Gasteiger partial charge in [0.25, 0.3) is 0 Å². The number of hydrogen-bond donors (Lipinski definition) is 2. The van der Waals surface area contributed by atoms with Crippen LogP contribution in [-0.4, -0.2) is 47.9 Å². The Balaban J connectivity index is 2.41. The molecule has 1 aromatic rings. The van der Waals surface area contributed by atoms with Crippen LogP contribution in [0.4, 0.5) is 4.79 Å². The minimum Gasteiger partial charge on any atom is -0.465 e. The molecule has 7 heteroatoms. The van der Waals surface area contributed by atoms with E-state index in [0.29, 0.717) is 29.7 Å². The number of nitrogens with zero attached hydrogens (tertiary/aromatic N) is 1. The second kappa shape index (κ2) is 7.48. The van der Waals surface area contributed by atoms with E-state index < -0.39 is 6.09 Å². The summed E-state index contributed by atoms with van der Waals surface area (Å²) < 4.78 is 6.24. The average molecular weight is 375 g/mol. The number of benzene rings is 1. The molecular formula is C17H24Cl2N2O3. The summed E-state index contributed by atoms with van der Waals surface area (Å²) in [5.74, 6) is -0.201. The molecule has 1 heterocycles. The van der Waals surface area contributed by atoms with Gasteiger partial charge in [0.2, 0.25) is 0 Å². The third-order valence-electron chi connectivity index (χ3n) is 4.43. The van der Waals surface area contributed by atoms with E-state index in [1.807, 2.05) is 26.8 Å². The standard InChI is InChI=1S/C17H24Cl2N2O3/c1-17(2,3)15-9-21(16(22)23)8-11(14(7-20)24-15)10-4-5-12(18)13(19)6-10/h4-6,11,14-15H,7-9,20H2,1-3H3,(H,22,23)/t11-,14-,15?/m0/s1. The van der Waals surface area contributed by atoms with Gasteiger partial charge < -0.3 is 20.5 Å². The van der Waals surface area contributed by atoms with Crippen LogP contribution in [0.25, 0.3) is 0 Å². The highest BCUT2D eigenvalue weighted by Gasteiger charge is 2.39. The average Bonchev–Trinajstić information content (AvgIpc) is 2.69. The van der Waals surface area contributed by atoms with Crippen molar-refractivity contribution in [2.75, 3.05) is 19.6 Å². The van der Waals surface area contributed by atoms with Crippen LogP contribution >= 0.6 is 23.2 Å². The molecule has 1 fully saturated rings. The molecule has 24 heavy (non-hydrogen) atoms. The molecule has 0 aliphatic carbocycles. The van der Waals surface area contributed by atoms with E-state index in [1.54, 1.807) is 12.1 Å². The van der Waals surface area contributed by atoms with Crippen LogP contribution in [0.5, 0.6) is 0 Å². The van der Waals surface area contributed by atoms with Gasteiger partial charge in [0.05, 0.1) is 28.8 Å². The lowest BCUT2D eigenvalue weighted by molar-refractivity contribution is -0.0619. The molecule has 0 aromatic heterocycles. The summed E-state index contributed by atoms with van der Waals surface area (Å²) in [6.45, 7) is 7.01. The van der Waals surface area contributed by atoms with Gasteiger partial charge in [-0.1, -0.05) is 50.0 Å². The van der Waals surface area contributed by atoms with E-state index in [9.17, 15) is 9.90 Å². The Morgan fingerprint density at radius 2 is 2.00 bits per heavy atom. The number of hydrogen-bond acceptors (Lipinski definition) is 3. The van der Waals surface area contributed by atoms with Crippen molar-refractivity contribution in [1.82, 2.24) is 4.90 Å². The fourth-order valence-corrected chi connectivity index (χ4v) is 3.20. The predicted molar refractivity (Wildman–Crippen MR) is 96.0 cm³/mol. The van der Waals surface area contributed by atoms with Gasteiger partial charge in [-0.3, -0.25) is 0 Å². The second-order valence-corrected chi connectivity index (χ2v) is 8.05. The lowest BCUT2D eigenvalue weighted by Gasteiger charge is -2.33. The molecule has 1 aromatic carbocycles. The van der Waals surface area contributed by atoms with Crippen LogP contribution in [0.15, 0.2) is 18.2 Å². The lowest BCUT2D eigenvalue weighted by Crippen LogP contribution is -2.42. The Hall–Kier alpha value is -1.01. The number of carbonyl (C=O) groups is 1. The summed E-state index contributed by atoms with van der Waals surface area (Å²) in [6, 6.07) is 5.32. The van der Waals surface area contributed by atoms with E-state index in [4.69, 9.17) is 33.7 Å². The van der Waals surface area contributed by atoms with Crippen LogP contribution in [0.2, 0.25) is 10.0 Å². The fourth-order valence-electron chi connectivity index (χ4n) is 2.90. The zero-order valence-corrected chi connectivity index (χ0v) is 15.6. The highest BCUT2D eigenvalue weighted by Crippen LogP contribution is 2.35. The number of ether oxygens (including phenoxy) is 1. The molecule has 1 unspecified atom stereocenters. The van der Waals surface area contributed by atoms with Crippen LogP contribution in [0.1, 0.15) is 32.3 Å². The van der Waals surface area contributed by atoms with Gasteiger partial charge in [0.1, 0.15) is 0 Å². The third kappa shape index (κ3) is 4.33. The molecule has 1 amide bonds. The molecule has 134 valence electrons. The first-order valence-electron chi connectivity index (χ1n) is 7.91. The normalized spacial score (nSPS) is 25.4. The van der Waals surface area contributed by atoms with Gasteiger partial charge >= 0.3 is 6.09 Å². The maximum Gasteiger partial charge on any atom is 0.407 e. The quantitative estimate of drug-likeness (QED) is 0.824. The molecule has 1 saturated heterocycles. The van der Waals surface area contributed by atoms with E-state index in [2.05, 4.69) is 0 Å². The number of amides is 1. The highest BCUT2D eigenvalue weighted by molar-refractivity contribution is 6.42. The van der Waals surface area contributed by atoms with Crippen molar-refractivity contribution in [3.8, 4) is 0 Å². The lowest BCUT2D eigenvalue weighted by atomic mass is 9.88. The van der Waals surface area contributed by atoms with Gasteiger partial charge in [0, 0.05) is 19.0 Å².